The van der Waals surface area contributed by atoms with E-state index in [0.717, 1.165) is 10.6 Å². The number of carbonyl (C=O) groups excluding carboxylic acids is 1. The third-order valence-electron chi connectivity index (χ3n) is 4.56. The quantitative estimate of drug-likeness (QED) is 0.734. The van der Waals surface area contributed by atoms with Crippen molar-refractivity contribution in [2.24, 2.45) is 5.92 Å². The van der Waals surface area contributed by atoms with Crippen LogP contribution in [0.1, 0.15) is 12.8 Å². The molecule has 3 rings (SSSR count). The molecule has 5 nitrogen and oxygen atoms in total. The first kappa shape index (κ1) is 20.2. The van der Waals surface area contributed by atoms with Crippen LogP contribution in [0.2, 0.25) is 5.02 Å². The molecule has 1 saturated heterocycles. The largest absolute Gasteiger partial charge is 0.326 e. The van der Waals surface area contributed by atoms with Gasteiger partial charge in [0.2, 0.25) is 15.9 Å². The molecule has 0 aromatic heterocycles. The highest BCUT2D eigenvalue weighted by Crippen LogP contribution is 2.26. The third-order valence-corrected chi connectivity index (χ3v) is 7.44. The zero-order valence-corrected chi connectivity index (χ0v) is 17.3. The molecule has 0 saturated carbocycles. The predicted molar refractivity (Wildman–Crippen MR) is 110 cm³/mol. The second-order valence-corrected chi connectivity index (χ2v) is 9.63. The fraction of sp³-hybridized carbons (Fsp3) is 0.316. The van der Waals surface area contributed by atoms with Gasteiger partial charge in [-0.1, -0.05) is 11.6 Å². The van der Waals surface area contributed by atoms with Crippen LogP contribution in [0.5, 0.6) is 0 Å². The molecule has 1 fully saturated rings. The van der Waals surface area contributed by atoms with Crippen LogP contribution in [-0.2, 0) is 14.8 Å². The maximum absolute atomic E-state index is 12.8. The lowest BCUT2D eigenvalue weighted by Gasteiger charge is -2.31. The third kappa shape index (κ3) is 4.85. The molecular weight excluding hydrogens is 404 g/mol. The molecule has 0 radical (unpaired) electrons. The minimum absolute atomic E-state index is 0.150. The van der Waals surface area contributed by atoms with Crippen LogP contribution < -0.4 is 5.32 Å². The summed E-state index contributed by atoms with van der Waals surface area (Å²) in [5.74, 6) is -0.524. The van der Waals surface area contributed by atoms with Crippen LogP contribution in [0.4, 0.5) is 5.69 Å². The van der Waals surface area contributed by atoms with Gasteiger partial charge in [0, 0.05) is 28.7 Å². The van der Waals surface area contributed by atoms with E-state index in [4.69, 9.17) is 11.6 Å². The number of thioether (sulfide) groups is 1. The number of hydrogen-bond acceptors (Lipinski definition) is 4. The topological polar surface area (TPSA) is 66.5 Å². The number of nitrogens with zero attached hydrogens (tertiary/aromatic N) is 1. The summed E-state index contributed by atoms with van der Waals surface area (Å²) in [6.45, 7) is 0.594. The molecular formula is C19H21ClN2O3S2. The van der Waals surface area contributed by atoms with E-state index in [0.29, 0.717) is 24.4 Å². The first-order valence-corrected chi connectivity index (χ1v) is 11.6. The summed E-state index contributed by atoms with van der Waals surface area (Å²) in [4.78, 5) is 13.9. The van der Waals surface area contributed by atoms with Gasteiger partial charge in [-0.05, 0) is 67.6 Å². The van der Waals surface area contributed by atoms with Gasteiger partial charge in [0.05, 0.1) is 10.8 Å². The van der Waals surface area contributed by atoms with Crippen molar-refractivity contribution in [3.8, 4) is 0 Å². The lowest BCUT2D eigenvalue weighted by Crippen LogP contribution is -2.43. The SMILES string of the molecule is CSc1ccc(NC(=O)C2CCCN(S(=O)(=O)c3ccc(Cl)cc3)C2)cc1. The first-order chi connectivity index (χ1) is 12.9. The molecule has 144 valence electrons. The zero-order valence-electron chi connectivity index (χ0n) is 14.9. The Morgan fingerprint density at radius 1 is 1.15 bits per heavy atom. The fourth-order valence-electron chi connectivity index (χ4n) is 3.05. The van der Waals surface area contributed by atoms with Crippen LogP contribution >= 0.6 is 23.4 Å². The van der Waals surface area contributed by atoms with E-state index in [2.05, 4.69) is 5.32 Å². The average Bonchev–Trinajstić information content (AvgIpc) is 2.69. The lowest BCUT2D eigenvalue weighted by molar-refractivity contribution is -0.120. The number of nitrogens with one attached hydrogen (secondary N) is 1. The molecule has 2 aromatic carbocycles. The summed E-state index contributed by atoms with van der Waals surface area (Å²) >= 11 is 7.48. The maximum atomic E-state index is 12.8. The highest BCUT2D eigenvalue weighted by Gasteiger charge is 2.33. The second-order valence-electron chi connectivity index (χ2n) is 6.37. The summed E-state index contributed by atoms with van der Waals surface area (Å²) < 4.78 is 27.1. The van der Waals surface area contributed by atoms with Gasteiger partial charge in [-0.25, -0.2) is 8.42 Å². The van der Waals surface area contributed by atoms with Crippen LogP contribution in [0, 0.1) is 5.92 Å². The number of piperidine rings is 1. The Morgan fingerprint density at radius 3 is 2.44 bits per heavy atom. The van der Waals surface area contributed by atoms with E-state index >= 15 is 0 Å². The van der Waals surface area contributed by atoms with E-state index in [1.165, 1.54) is 16.4 Å². The summed E-state index contributed by atoms with van der Waals surface area (Å²) in [5.41, 5.74) is 0.718. The molecule has 1 N–H and O–H groups in total. The highest BCUT2D eigenvalue weighted by molar-refractivity contribution is 7.98. The van der Waals surface area contributed by atoms with Gasteiger partial charge >= 0.3 is 0 Å². The zero-order chi connectivity index (χ0) is 19.4. The molecule has 0 bridgehead atoms. The number of rotatable bonds is 5. The van der Waals surface area contributed by atoms with Crippen molar-refractivity contribution >= 4 is 45.0 Å². The Balaban J connectivity index is 1.69. The molecule has 1 aliphatic heterocycles. The van der Waals surface area contributed by atoms with Gasteiger partial charge in [-0.15, -0.1) is 11.8 Å². The maximum Gasteiger partial charge on any atom is 0.243 e. The molecule has 1 amide bonds. The van der Waals surface area contributed by atoms with Crippen molar-refractivity contribution in [1.82, 2.24) is 4.31 Å². The monoisotopic (exact) mass is 424 g/mol. The summed E-state index contributed by atoms with van der Waals surface area (Å²) in [7, 11) is -3.64. The first-order valence-electron chi connectivity index (χ1n) is 8.61. The van der Waals surface area contributed by atoms with Gasteiger partial charge < -0.3 is 5.32 Å². The molecule has 1 atom stereocenters. The van der Waals surface area contributed by atoms with Crippen LogP contribution in [0.25, 0.3) is 0 Å². The second kappa shape index (κ2) is 8.65. The summed E-state index contributed by atoms with van der Waals surface area (Å²) in [5, 5.41) is 3.38. The van der Waals surface area contributed by atoms with Crippen molar-refractivity contribution in [3.05, 3.63) is 53.6 Å². The van der Waals surface area contributed by atoms with Crippen LogP contribution in [-0.4, -0.2) is 38.0 Å². The molecule has 0 aliphatic carbocycles. The van der Waals surface area contributed by atoms with Crippen molar-refractivity contribution in [2.45, 2.75) is 22.6 Å². The lowest BCUT2D eigenvalue weighted by atomic mass is 9.99. The van der Waals surface area contributed by atoms with Crippen LogP contribution in [0.3, 0.4) is 0 Å². The van der Waals surface area contributed by atoms with Gasteiger partial charge in [-0.3, -0.25) is 4.79 Å². The number of hydrogen-bond donors (Lipinski definition) is 1. The van der Waals surface area contributed by atoms with Crippen molar-refractivity contribution in [2.75, 3.05) is 24.7 Å². The Bertz CT molecular complexity index is 900. The minimum Gasteiger partial charge on any atom is -0.326 e. The molecule has 0 spiro atoms. The van der Waals surface area contributed by atoms with Crippen molar-refractivity contribution in [3.63, 3.8) is 0 Å². The van der Waals surface area contributed by atoms with E-state index in [9.17, 15) is 13.2 Å². The molecule has 1 heterocycles. The Morgan fingerprint density at radius 2 is 1.81 bits per heavy atom. The van der Waals surface area contributed by atoms with Gasteiger partial charge in [0.15, 0.2) is 0 Å². The van der Waals surface area contributed by atoms with Crippen LogP contribution in [0.15, 0.2) is 58.3 Å². The van der Waals surface area contributed by atoms with E-state index in [1.54, 1.807) is 23.9 Å². The number of halogens is 1. The average molecular weight is 425 g/mol. The standard InChI is InChI=1S/C19H21ClN2O3S2/c1-26-17-8-6-16(7-9-17)21-19(23)14-3-2-12-22(13-14)27(24,25)18-10-4-15(20)5-11-18/h4-11,14H,2-3,12-13H2,1H3,(H,21,23). The van der Waals surface area contributed by atoms with Gasteiger partial charge in [0.1, 0.15) is 0 Å². The summed E-state index contributed by atoms with van der Waals surface area (Å²) in [6.07, 6.45) is 3.31. The molecule has 1 aliphatic rings. The van der Waals surface area contributed by atoms with Crippen molar-refractivity contribution < 1.29 is 13.2 Å². The van der Waals surface area contributed by atoms with Crippen molar-refractivity contribution in [1.29, 1.82) is 0 Å². The number of benzene rings is 2. The smallest absolute Gasteiger partial charge is 0.243 e. The number of anilines is 1. The van der Waals surface area contributed by atoms with Gasteiger partial charge in [-0.2, -0.15) is 4.31 Å². The molecule has 8 heteroatoms. The predicted octanol–water partition coefficient (Wildman–Crippen LogP) is 4.10. The Labute approximate surface area is 169 Å². The van der Waals surface area contributed by atoms with E-state index < -0.39 is 10.0 Å². The normalized spacial score (nSPS) is 18.2. The molecule has 2 aromatic rings. The van der Waals surface area contributed by atoms with Gasteiger partial charge in [0.25, 0.3) is 0 Å². The summed E-state index contributed by atoms with van der Waals surface area (Å²) in [6, 6.07) is 13.7. The number of carbonyl (C=O) groups is 1. The molecule has 27 heavy (non-hydrogen) atoms. The minimum atomic E-state index is -3.64. The Kier molecular flexibility index (Phi) is 6.47. The number of amides is 1. The fourth-order valence-corrected chi connectivity index (χ4v) is 5.11. The molecule has 1 unspecified atom stereocenters. The van der Waals surface area contributed by atoms with E-state index in [1.807, 2.05) is 30.5 Å². The van der Waals surface area contributed by atoms with E-state index in [-0.39, 0.29) is 23.3 Å². The Hall–Kier alpha value is -1.54. The highest BCUT2D eigenvalue weighted by atomic mass is 35.5. The number of sulfonamides is 1.